The van der Waals surface area contributed by atoms with Crippen LogP contribution in [0.3, 0.4) is 0 Å². The molecule has 2 nitrogen and oxygen atoms in total. The van der Waals surface area contributed by atoms with Crippen LogP contribution in [-0.4, -0.2) is 0 Å². The van der Waals surface area contributed by atoms with Crippen LogP contribution in [-0.2, 0) is 5.75 Å². The van der Waals surface area contributed by atoms with Crippen molar-refractivity contribution in [3.05, 3.63) is 65.0 Å². The summed E-state index contributed by atoms with van der Waals surface area (Å²) in [5.74, 6) is 0.194. The maximum absolute atomic E-state index is 13.8. The van der Waals surface area contributed by atoms with E-state index in [1.807, 2.05) is 37.3 Å². The van der Waals surface area contributed by atoms with Gasteiger partial charge in [0.25, 0.3) is 0 Å². The van der Waals surface area contributed by atoms with E-state index in [1.165, 1.54) is 6.07 Å². The minimum absolute atomic E-state index is 0.0119. The average Bonchev–Trinajstić information content (AvgIpc) is 2.46. The van der Waals surface area contributed by atoms with Gasteiger partial charge in [-0.05, 0) is 42.3 Å². The number of nitrogens with zero attached hydrogens (tertiary/aromatic N) is 1. The number of hydrogen-bond acceptors (Lipinski definition) is 3. The summed E-state index contributed by atoms with van der Waals surface area (Å²) in [6.45, 7) is 1.93. The topological polar surface area (TPSA) is 49.8 Å². The fourth-order valence-electron chi connectivity index (χ4n) is 1.78. The minimum Gasteiger partial charge on any atom is -0.324 e. The van der Waals surface area contributed by atoms with Gasteiger partial charge in [-0.15, -0.1) is 11.8 Å². The molecular formula is C16H15FN2S. The Morgan fingerprint density at radius 3 is 2.75 bits per heavy atom. The molecule has 0 fully saturated rings. The van der Waals surface area contributed by atoms with E-state index in [-0.39, 0.29) is 11.9 Å². The van der Waals surface area contributed by atoms with E-state index in [0.29, 0.717) is 16.9 Å². The Kier molecular flexibility index (Phi) is 4.78. The number of halogens is 1. The highest BCUT2D eigenvalue weighted by atomic mass is 32.2. The highest BCUT2D eigenvalue weighted by Crippen LogP contribution is 2.26. The van der Waals surface area contributed by atoms with Crippen LogP contribution in [0.4, 0.5) is 4.39 Å². The predicted molar refractivity (Wildman–Crippen MR) is 79.7 cm³/mol. The lowest BCUT2D eigenvalue weighted by Gasteiger charge is -2.08. The maximum Gasteiger partial charge on any atom is 0.128 e. The van der Waals surface area contributed by atoms with Crippen molar-refractivity contribution in [3.8, 4) is 6.07 Å². The molecule has 2 N–H and O–H groups in total. The first-order chi connectivity index (χ1) is 9.60. The molecule has 2 aromatic rings. The fraction of sp³-hybridized carbons (Fsp3) is 0.188. The number of rotatable bonds is 4. The third kappa shape index (κ3) is 3.60. The van der Waals surface area contributed by atoms with Gasteiger partial charge in [0.15, 0.2) is 0 Å². The largest absolute Gasteiger partial charge is 0.324 e. The van der Waals surface area contributed by atoms with Gasteiger partial charge >= 0.3 is 0 Å². The third-order valence-corrected chi connectivity index (χ3v) is 4.00. The molecule has 0 saturated carbocycles. The number of hydrogen-bond donors (Lipinski definition) is 1. The van der Waals surface area contributed by atoms with E-state index < -0.39 is 0 Å². The summed E-state index contributed by atoms with van der Waals surface area (Å²) in [6, 6.07) is 14.4. The molecule has 0 radical (unpaired) electrons. The van der Waals surface area contributed by atoms with Crippen molar-refractivity contribution in [1.29, 1.82) is 5.26 Å². The fourth-order valence-corrected chi connectivity index (χ4v) is 2.73. The first-order valence-corrected chi connectivity index (χ1v) is 7.25. The van der Waals surface area contributed by atoms with Crippen molar-refractivity contribution in [2.45, 2.75) is 23.6 Å². The zero-order valence-corrected chi connectivity index (χ0v) is 12.0. The SMILES string of the molecule is CC(N)c1cccc(SCc2ccc(C#N)cc2F)c1. The molecule has 2 rings (SSSR count). The van der Waals surface area contributed by atoms with Crippen molar-refractivity contribution in [1.82, 2.24) is 0 Å². The molecular weight excluding hydrogens is 271 g/mol. The van der Waals surface area contributed by atoms with Gasteiger partial charge in [-0.3, -0.25) is 0 Å². The van der Waals surface area contributed by atoms with Crippen LogP contribution in [0.1, 0.15) is 29.7 Å². The van der Waals surface area contributed by atoms with Crippen LogP contribution in [0.15, 0.2) is 47.4 Å². The third-order valence-electron chi connectivity index (χ3n) is 2.96. The standard InChI is InChI=1S/C16H15FN2S/c1-11(19)13-3-2-4-15(8-13)20-10-14-6-5-12(9-18)7-16(14)17/h2-8,11H,10,19H2,1H3. The molecule has 0 aliphatic heterocycles. The summed E-state index contributed by atoms with van der Waals surface area (Å²) >= 11 is 1.55. The number of benzene rings is 2. The molecule has 2 aromatic carbocycles. The molecule has 1 atom stereocenters. The Bertz CT molecular complexity index is 647. The van der Waals surface area contributed by atoms with Crippen LogP contribution in [0.5, 0.6) is 0 Å². The Hall–Kier alpha value is -1.83. The van der Waals surface area contributed by atoms with E-state index in [2.05, 4.69) is 0 Å². The lowest BCUT2D eigenvalue weighted by molar-refractivity contribution is 0.617. The average molecular weight is 286 g/mol. The molecule has 1 unspecified atom stereocenters. The van der Waals surface area contributed by atoms with Crippen molar-refractivity contribution in [3.63, 3.8) is 0 Å². The maximum atomic E-state index is 13.8. The monoisotopic (exact) mass is 286 g/mol. The molecule has 0 aliphatic carbocycles. The summed E-state index contributed by atoms with van der Waals surface area (Å²) in [7, 11) is 0. The first-order valence-electron chi connectivity index (χ1n) is 6.27. The van der Waals surface area contributed by atoms with Crippen LogP contribution in [0, 0.1) is 17.1 Å². The van der Waals surface area contributed by atoms with Gasteiger partial charge in [0, 0.05) is 16.7 Å². The van der Waals surface area contributed by atoms with Gasteiger partial charge < -0.3 is 5.73 Å². The normalized spacial score (nSPS) is 11.9. The van der Waals surface area contributed by atoms with Gasteiger partial charge in [-0.1, -0.05) is 18.2 Å². The summed E-state index contributed by atoms with van der Waals surface area (Å²) in [5, 5.41) is 8.71. The number of thioether (sulfide) groups is 1. The van der Waals surface area contributed by atoms with Crippen molar-refractivity contribution >= 4 is 11.8 Å². The molecule has 0 aromatic heterocycles. The molecule has 20 heavy (non-hydrogen) atoms. The summed E-state index contributed by atoms with van der Waals surface area (Å²) in [4.78, 5) is 1.06. The Morgan fingerprint density at radius 1 is 1.30 bits per heavy atom. The molecule has 0 spiro atoms. The molecule has 0 amide bonds. The number of nitriles is 1. The van der Waals surface area contributed by atoms with Crippen LogP contribution < -0.4 is 5.73 Å². The minimum atomic E-state index is -0.333. The van der Waals surface area contributed by atoms with E-state index >= 15 is 0 Å². The second kappa shape index (κ2) is 6.56. The Morgan fingerprint density at radius 2 is 2.10 bits per heavy atom. The van der Waals surface area contributed by atoms with Gasteiger partial charge in [0.05, 0.1) is 11.6 Å². The van der Waals surface area contributed by atoms with E-state index in [9.17, 15) is 4.39 Å². The zero-order valence-electron chi connectivity index (χ0n) is 11.1. The van der Waals surface area contributed by atoms with Crippen LogP contribution in [0.2, 0.25) is 0 Å². The van der Waals surface area contributed by atoms with E-state index in [4.69, 9.17) is 11.0 Å². The van der Waals surface area contributed by atoms with Gasteiger partial charge in [-0.2, -0.15) is 5.26 Å². The molecule has 4 heteroatoms. The zero-order chi connectivity index (χ0) is 14.5. The summed E-state index contributed by atoms with van der Waals surface area (Å²) in [6.07, 6.45) is 0. The summed E-state index contributed by atoms with van der Waals surface area (Å²) < 4.78 is 13.8. The van der Waals surface area contributed by atoms with Crippen molar-refractivity contribution < 1.29 is 4.39 Å². The first kappa shape index (κ1) is 14.6. The van der Waals surface area contributed by atoms with Crippen molar-refractivity contribution in [2.24, 2.45) is 5.73 Å². The second-order valence-electron chi connectivity index (χ2n) is 4.57. The predicted octanol–water partition coefficient (Wildman–Crippen LogP) is 4.01. The highest BCUT2D eigenvalue weighted by molar-refractivity contribution is 7.98. The van der Waals surface area contributed by atoms with E-state index in [0.717, 1.165) is 10.5 Å². The van der Waals surface area contributed by atoms with Gasteiger partial charge in [-0.25, -0.2) is 4.39 Å². The van der Waals surface area contributed by atoms with Crippen LogP contribution >= 0.6 is 11.8 Å². The molecule has 0 saturated heterocycles. The molecule has 0 heterocycles. The molecule has 0 bridgehead atoms. The highest BCUT2D eigenvalue weighted by Gasteiger charge is 2.06. The smallest absolute Gasteiger partial charge is 0.128 e. The quantitative estimate of drug-likeness (QED) is 0.864. The number of nitrogens with two attached hydrogens (primary N) is 1. The second-order valence-corrected chi connectivity index (χ2v) is 5.62. The molecule has 0 aliphatic rings. The van der Waals surface area contributed by atoms with Gasteiger partial charge in [0.1, 0.15) is 5.82 Å². The summed E-state index contributed by atoms with van der Waals surface area (Å²) in [5.41, 5.74) is 7.85. The van der Waals surface area contributed by atoms with Gasteiger partial charge in [0.2, 0.25) is 0 Å². The van der Waals surface area contributed by atoms with Crippen molar-refractivity contribution in [2.75, 3.05) is 0 Å². The van der Waals surface area contributed by atoms with Crippen LogP contribution in [0.25, 0.3) is 0 Å². The Balaban J connectivity index is 2.09. The van der Waals surface area contributed by atoms with E-state index in [1.54, 1.807) is 23.9 Å². The Labute approximate surface area is 122 Å². The lowest BCUT2D eigenvalue weighted by atomic mass is 10.1. The lowest BCUT2D eigenvalue weighted by Crippen LogP contribution is -2.04. The molecule has 102 valence electrons.